The van der Waals surface area contributed by atoms with Gasteiger partial charge in [-0.25, -0.2) is 0 Å². The summed E-state index contributed by atoms with van der Waals surface area (Å²) in [5.41, 5.74) is 0.381. The Kier molecular flexibility index (Phi) is 5.76. The van der Waals surface area contributed by atoms with Crippen molar-refractivity contribution in [1.82, 2.24) is 15.5 Å². The molecule has 0 radical (unpaired) electrons. The normalized spacial score (nSPS) is 12.8. The average molecular weight is 317 g/mol. The van der Waals surface area contributed by atoms with Gasteiger partial charge in [0, 0.05) is 12.6 Å². The summed E-state index contributed by atoms with van der Waals surface area (Å²) in [4.78, 5) is 0. The topological polar surface area (TPSA) is 47.0 Å². The Morgan fingerprint density at radius 2 is 1.71 bits per heavy atom. The van der Waals surface area contributed by atoms with E-state index in [1.807, 2.05) is 6.92 Å². The van der Waals surface area contributed by atoms with E-state index in [1.54, 1.807) is 0 Å². The molecule has 0 bridgehead atoms. The summed E-state index contributed by atoms with van der Waals surface area (Å²) >= 11 is 0. The molecule has 0 fully saturated rings. The van der Waals surface area contributed by atoms with Gasteiger partial charge in [-0.3, -0.25) is 0 Å². The van der Waals surface area contributed by atoms with Crippen LogP contribution in [0.4, 0.5) is 26.3 Å². The molecular weight excluding hydrogens is 304 g/mol. The number of rotatable bonds is 6. The van der Waals surface area contributed by atoms with Gasteiger partial charge in [0.2, 0.25) is 5.88 Å². The van der Waals surface area contributed by atoms with E-state index in [2.05, 4.69) is 20.3 Å². The first-order chi connectivity index (χ1) is 9.64. The molecule has 1 aromatic heterocycles. The van der Waals surface area contributed by atoms with Crippen molar-refractivity contribution in [3.05, 3.63) is 17.8 Å². The van der Waals surface area contributed by atoms with E-state index in [-0.39, 0.29) is 0 Å². The minimum Gasteiger partial charge on any atom is -0.454 e. The van der Waals surface area contributed by atoms with Crippen LogP contribution in [-0.2, 0) is 6.54 Å². The molecule has 1 aromatic rings. The number of alkyl halides is 6. The summed E-state index contributed by atoms with van der Waals surface area (Å²) in [5.74, 6) is -0.839. The van der Waals surface area contributed by atoms with Gasteiger partial charge in [-0.05, 0) is 19.0 Å². The molecule has 1 rings (SSSR count). The van der Waals surface area contributed by atoms with Gasteiger partial charge in [-0.15, -0.1) is 5.10 Å². The van der Waals surface area contributed by atoms with Crippen LogP contribution in [0.5, 0.6) is 5.88 Å². The summed E-state index contributed by atoms with van der Waals surface area (Å²) in [6, 6.07) is 2.16. The Morgan fingerprint density at radius 1 is 1.10 bits per heavy atom. The lowest BCUT2D eigenvalue weighted by Gasteiger charge is -2.22. The molecule has 4 nitrogen and oxygen atoms in total. The summed E-state index contributed by atoms with van der Waals surface area (Å²) < 4.78 is 77.6. The smallest absolute Gasteiger partial charge is 0.434 e. The third kappa shape index (κ3) is 5.74. The first kappa shape index (κ1) is 17.5. The van der Waals surface area contributed by atoms with E-state index in [0.717, 1.165) is 12.5 Å². The second-order valence-electron chi connectivity index (χ2n) is 4.12. The predicted octanol–water partition coefficient (Wildman–Crippen LogP) is 2.85. The van der Waals surface area contributed by atoms with E-state index < -0.39 is 24.3 Å². The maximum Gasteiger partial charge on any atom is 0.434 e. The van der Waals surface area contributed by atoms with Gasteiger partial charge in [-0.2, -0.15) is 31.4 Å². The zero-order chi connectivity index (χ0) is 16.1. The van der Waals surface area contributed by atoms with E-state index in [1.165, 1.54) is 6.07 Å². The van der Waals surface area contributed by atoms with Crippen molar-refractivity contribution < 1.29 is 31.1 Å². The zero-order valence-electron chi connectivity index (χ0n) is 10.9. The molecule has 0 amide bonds. The van der Waals surface area contributed by atoms with Crippen molar-refractivity contribution in [2.45, 2.75) is 38.3 Å². The van der Waals surface area contributed by atoms with Crippen LogP contribution in [0, 0.1) is 0 Å². The maximum atomic E-state index is 12.3. The van der Waals surface area contributed by atoms with E-state index in [9.17, 15) is 26.3 Å². The van der Waals surface area contributed by atoms with E-state index in [4.69, 9.17) is 0 Å². The SMILES string of the molecule is CCCNCc1ccc(OC(C(F)(F)F)C(F)(F)F)nn1. The van der Waals surface area contributed by atoms with Crippen LogP contribution in [0.2, 0.25) is 0 Å². The number of halogens is 6. The molecule has 0 saturated carbocycles. The molecule has 0 spiro atoms. The fourth-order valence-electron chi connectivity index (χ4n) is 1.34. The molecule has 21 heavy (non-hydrogen) atoms. The molecule has 0 aromatic carbocycles. The van der Waals surface area contributed by atoms with Gasteiger partial charge in [0.05, 0.1) is 5.69 Å². The molecule has 0 atom stereocenters. The summed E-state index contributed by atoms with van der Waals surface area (Å²) in [6.07, 6.45) is -14.2. The third-order valence-corrected chi connectivity index (χ3v) is 2.26. The van der Waals surface area contributed by atoms with Gasteiger partial charge < -0.3 is 10.1 Å². The van der Waals surface area contributed by atoms with Crippen molar-refractivity contribution in [3.8, 4) is 5.88 Å². The molecule has 0 saturated heterocycles. The highest BCUT2D eigenvalue weighted by atomic mass is 19.4. The first-order valence-corrected chi connectivity index (χ1v) is 5.98. The molecule has 1 N–H and O–H groups in total. The summed E-state index contributed by atoms with van der Waals surface area (Å²) in [7, 11) is 0. The Hall–Kier alpha value is -1.58. The largest absolute Gasteiger partial charge is 0.454 e. The van der Waals surface area contributed by atoms with Crippen LogP contribution in [0.1, 0.15) is 19.0 Å². The first-order valence-electron chi connectivity index (χ1n) is 5.98. The molecule has 0 aliphatic carbocycles. The zero-order valence-corrected chi connectivity index (χ0v) is 10.9. The molecular formula is C11H13F6N3O. The van der Waals surface area contributed by atoms with Gasteiger partial charge in [0.1, 0.15) is 0 Å². The van der Waals surface area contributed by atoms with Crippen molar-refractivity contribution in [2.24, 2.45) is 0 Å². The summed E-state index contributed by atoms with van der Waals surface area (Å²) in [5, 5.41) is 9.66. The number of nitrogens with zero attached hydrogens (tertiary/aromatic N) is 2. The minimum atomic E-state index is -5.58. The molecule has 10 heteroatoms. The second kappa shape index (κ2) is 6.92. The lowest BCUT2D eigenvalue weighted by Crippen LogP contribution is -2.46. The van der Waals surface area contributed by atoms with Gasteiger partial charge >= 0.3 is 12.4 Å². The van der Waals surface area contributed by atoms with Gasteiger partial charge in [0.15, 0.2) is 0 Å². The van der Waals surface area contributed by atoms with Crippen LogP contribution < -0.4 is 10.1 Å². The Morgan fingerprint density at radius 3 is 2.14 bits per heavy atom. The third-order valence-electron chi connectivity index (χ3n) is 2.26. The maximum absolute atomic E-state index is 12.3. The van der Waals surface area contributed by atoms with E-state index >= 15 is 0 Å². The Bertz CT molecular complexity index is 417. The Labute approximate surface area is 116 Å². The van der Waals surface area contributed by atoms with Crippen LogP contribution in [-0.4, -0.2) is 35.2 Å². The number of ether oxygens (including phenoxy) is 1. The highest BCUT2D eigenvalue weighted by Gasteiger charge is 2.59. The minimum absolute atomic E-state index is 0.309. The predicted molar refractivity (Wildman–Crippen MR) is 60.6 cm³/mol. The molecule has 1 heterocycles. The van der Waals surface area contributed by atoms with Crippen LogP contribution in [0.3, 0.4) is 0 Å². The van der Waals surface area contributed by atoms with Gasteiger partial charge in [0.25, 0.3) is 6.10 Å². The quantitative estimate of drug-likeness (QED) is 0.647. The van der Waals surface area contributed by atoms with E-state index in [0.29, 0.717) is 18.8 Å². The number of hydrogen-bond acceptors (Lipinski definition) is 4. The fourth-order valence-corrected chi connectivity index (χ4v) is 1.34. The lowest BCUT2D eigenvalue weighted by molar-refractivity contribution is -0.300. The number of nitrogens with one attached hydrogen (secondary N) is 1. The van der Waals surface area contributed by atoms with Crippen molar-refractivity contribution in [1.29, 1.82) is 0 Å². The summed E-state index contributed by atoms with van der Waals surface area (Å²) in [6.45, 7) is 2.94. The van der Waals surface area contributed by atoms with Crippen LogP contribution in [0.15, 0.2) is 12.1 Å². The lowest BCUT2D eigenvalue weighted by atomic mass is 10.3. The molecule has 0 aliphatic heterocycles. The average Bonchev–Trinajstić information content (AvgIpc) is 2.35. The van der Waals surface area contributed by atoms with Gasteiger partial charge in [-0.1, -0.05) is 6.92 Å². The van der Waals surface area contributed by atoms with Crippen molar-refractivity contribution in [2.75, 3.05) is 6.54 Å². The van der Waals surface area contributed by atoms with Crippen molar-refractivity contribution in [3.63, 3.8) is 0 Å². The molecule has 0 aliphatic rings. The second-order valence-corrected chi connectivity index (χ2v) is 4.12. The molecule has 120 valence electrons. The highest BCUT2D eigenvalue weighted by molar-refractivity contribution is 5.12. The number of hydrogen-bond donors (Lipinski definition) is 1. The fraction of sp³-hybridized carbons (Fsp3) is 0.636. The standard InChI is InChI=1S/C11H13F6N3O/c1-2-5-18-6-7-3-4-8(20-19-7)21-9(10(12,13)14)11(15,16)17/h3-4,9,18H,2,5-6H2,1H3. The Balaban J connectivity index is 2.73. The monoisotopic (exact) mass is 317 g/mol. The van der Waals surface area contributed by atoms with Crippen LogP contribution in [0.25, 0.3) is 0 Å². The van der Waals surface area contributed by atoms with Crippen molar-refractivity contribution >= 4 is 0 Å². The van der Waals surface area contributed by atoms with Crippen LogP contribution >= 0.6 is 0 Å². The highest BCUT2D eigenvalue weighted by Crippen LogP contribution is 2.35. The molecule has 0 unspecified atom stereocenters. The number of aromatic nitrogens is 2.